The van der Waals surface area contributed by atoms with E-state index >= 15 is 0 Å². The highest BCUT2D eigenvalue weighted by Crippen LogP contribution is 2.35. The number of nitrogens with one attached hydrogen (secondary N) is 1. The van der Waals surface area contributed by atoms with Crippen LogP contribution in [0.1, 0.15) is 30.0 Å². The van der Waals surface area contributed by atoms with Gasteiger partial charge in [-0.1, -0.05) is 6.07 Å². The Kier molecular flexibility index (Phi) is 3.85. The van der Waals surface area contributed by atoms with Crippen molar-refractivity contribution in [1.29, 1.82) is 0 Å². The first-order chi connectivity index (χ1) is 10.0. The first-order valence-corrected chi connectivity index (χ1v) is 7.57. The Balaban J connectivity index is 1.93. The topological polar surface area (TPSA) is 32.3 Å². The zero-order chi connectivity index (χ0) is 15.0. The molecule has 2 aromatic rings. The first kappa shape index (κ1) is 14.3. The van der Waals surface area contributed by atoms with E-state index in [1.165, 1.54) is 6.07 Å². The highest BCUT2D eigenvalue weighted by Gasteiger charge is 2.22. The standard InChI is InChI=1S/C16H14BrF2NO/c17-12-7-16(14(19)8-13(12)18)20-15-3-1-2-9-4-5-10(21)6-11(9)15/h4-8,15,20-21H,1-3H2. The van der Waals surface area contributed by atoms with Crippen molar-refractivity contribution in [2.45, 2.75) is 25.3 Å². The maximum Gasteiger partial charge on any atom is 0.149 e. The van der Waals surface area contributed by atoms with Gasteiger partial charge in [0.15, 0.2) is 0 Å². The molecular weight excluding hydrogens is 340 g/mol. The van der Waals surface area contributed by atoms with Crippen LogP contribution in [0.15, 0.2) is 34.8 Å². The van der Waals surface area contributed by atoms with Crippen LogP contribution in [0.4, 0.5) is 14.5 Å². The summed E-state index contributed by atoms with van der Waals surface area (Å²) in [6.07, 6.45) is 2.77. The number of anilines is 1. The summed E-state index contributed by atoms with van der Waals surface area (Å²) in [5.41, 5.74) is 2.38. The largest absolute Gasteiger partial charge is 0.508 e. The van der Waals surface area contributed by atoms with Gasteiger partial charge < -0.3 is 10.4 Å². The molecule has 0 aliphatic heterocycles. The minimum Gasteiger partial charge on any atom is -0.508 e. The van der Waals surface area contributed by atoms with Crippen molar-refractivity contribution in [1.82, 2.24) is 0 Å². The molecule has 0 fully saturated rings. The number of benzene rings is 2. The quantitative estimate of drug-likeness (QED) is 0.750. The van der Waals surface area contributed by atoms with Crippen LogP contribution in [0.25, 0.3) is 0 Å². The molecule has 2 nitrogen and oxygen atoms in total. The molecule has 0 spiro atoms. The molecule has 2 aromatic carbocycles. The molecule has 3 rings (SSSR count). The lowest BCUT2D eigenvalue weighted by Gasteiger charge is -2.27. The molecule has 5 heteroatoms. The normalized spacial score (nSPS) is 17.4. The number of hydrogen-bond donors (Lipinski definition) is 2. The van der Waals surface area contributed by atoms with Crippen LogP contribution in [0.3, 0.4) is 0 Å². The minimum absolute atomic E-state index is 0.0901. The molecule has 2 N–H and O–H groups in total. The molecule has 0 amide bonds. The molecule has 0 heterocycles. The number of phenols is 1. The second kappa shape index (κ2) is 5.64. The number of halogens is 3. The zero-order valence-electron chi connectivity index (χ0n) is 11.2. The number of aryl methyl sites for hydroxylation is 1. The van der Waals surface area contributed by atoms with Gasteiger partial charge in [-0.15, -0.1) is 0 Å². The monoisotopic (exact) mass is 353 g/mol. The fourth-order valence-electron chi connectivity index (χ4n) is 2.76. The lowest BCUT2D eigenvalue weighted by atomic mass is 9.87. The number of rotatable bonds is 2. The van der Waals surface area contributed by atoms with Crippen molar-refractivity contribution < 1.29 is 13.9 Å². The summed E-state index contributed by atoms with van der Waals surface area (Å²) in [5, 5.41) is 12.8. The molecule has 1 aliphatic rings. The molecule has 1 unspecified atom stereocenters. The van der Waals surface area contributed by atoms with E-state index in [1.54, 1.807) is 12.1 Å². The molecule has 0 aromatic heterocycles. The van der Waals surface area contributed by atoms with Crippen molar-refractivity contribution in [2.24, 2.45) is 0 Å². The average molecular weight is 354 g/mol. The van der Waals surface area contributed by atoms with Crippen LogP contribution >= 0.6 is 15.9 Å². The molecule has 110 valence electrons. The molecule has 1 atom stereocenters. The Labute approximate surface area is 129 Å². The second-order valence-corrected chi connectivity index (χ2v) is 6.07. The number of hydrogen-bond acceptors (Lipinski definition) is 2. The second-order valence-electron chi connectivity index (χ2n) is 5.22. The van der Waals surface area contributed by atoms with Gasteiger partial charge >= 0.3 is 0 Å². The van der Waals surface area contributed by atoms with Crippen LogP contribution in [0, 0.1) is 11.6 Å². The fourth-order valence-corrected chi connectivity index (χ4v) is 3.10. The van der Waals surface area contributed by atoms with Crippen LogP contribution in [0.2, 0.25) is 0 Å². The highest BCUT2D eigenvalue weighted by atomic mass is 79.9. The van der Waals surface area contributed by atoms with Crippen molar-refractivity contribution in [3.05, 3.63) is 57.6 Å². The predicted octanol–water partition coefficient (Wildman–Crippen LogP) is 4.92. The Bertz CT molecular complexity index is 690. The molecular formula is C16H14BrF2NO. The van der Waals surface area contributed by atoms with Crippen LogP contribution in [-0.4, -0.2) is 5.11 Å². The Hall–Kier alpha value is -1.62. The van der Waals surface area contributed by atoms with Crippen molar-refractivity contribution >= 4 is 21.6 Å². The van der Waals surface area contributed by atoms with Crippen LogP contribution in [-0.2, 0) is 6.42 Å². The summed E-state index contributed by atoms with van der Waals surface area (Å²) in [4.78, 5) is 0. The SMILES string of the molecule is Oc1ccc2c(c1)C(Nc1cc(Br)c(F)cc1F)CCC2. The van der Waals surface area contributed by atoms with E-state index in [0.29, 0.717) is 0 Å². The fraction of sp³-hybridized carbons (Fsp3) is 0.250. The number of phenolic OH excluding ortho intramolecular Hbond substituents is 1. The summed E-state index contributed by atoms with van der Waals surface area (Å²) < 4.78 is 27.4. The molecule has 0 saturated heterocycles. The van der Waals surface area contributed by atoms with Gasteiger partial charge in [0.1, 0.15) is 17.4 Å². The maximum atomic E-state index is 13.9. The third kappa shape index (κ3) is 2.88. The zero-order valence-corrected chi connectivity index (χ0v) is 12.8. The third-order valence-corrected chi connectivity index (χ3v) is 4.39. The van der Waals surface area contributed by atoms with Gasteiger partial charge in [0, 0.05) is 6.07 Å². The number of fused-ring (bicyclic) bond motifs is 1. The van der Waals surface area contributed by atoms with E-state index in [4.69, 9.17) is 0 Å². The number of aromatic hydroxyl groups is 1. The summed E-state index contributed by atoms with van der Waals surface area (Å²) in [6, 6.07) is 7.45. The van der Waals surface area contributed by atoms with E-state index in [2.05, 4.69) is 21.2 Å². The minimum atomic E-state index is -0.625. The van der Waals surface area contributed by atoms with Gasteiger partial charge in [-0.3, -0.25) is 0 Å². The maximum absolute atomic E-state index is 13.9. The molecule has 21 heavy (non-hydrogen) atoms. The smallest absolute Gasteiger partial charge is 0.149 e. The lowest BCUT2D eigenvalue weighted by Crippen LogP contribution is -2.18. The van der Waals surface area contributed by atoms with Gasteiger partial charge in [0.25, 0.3) is 0 Å². The van der Waals surface area contributed by atoms with Crippen molar-refractivity contribution in [2.75, 3.05) is 5.32 Å². The van der Waals surface area contributed by atoms with Gasteiger partial charge in [0.2, 0.25) is 0 Å². The predicted molar refractivity (Wildman–Crippen MR) is 81.5 cm³/mol. The van der Waals surface area contributed by atoms with Gasteiger partial charge in [-0.2, -0.15) is 0 Å². The van der Waals surface area contributed by atoms with Crippen LogP contribution < -0.4 is 5.32 Å². The molecule has 0 bridgehead atoms. The molecule has 0 saturated carbocycles. The third-order valence-electron chi connectivity index (χ3n) is 3.78. The van der Waals surface area contributed by atoms with Crippen molar-refractivity contribution in [3.8, 4) is 5.75 Å². The lowest BCUT2D eigenvalue weighted by molar-refractivity contribution is 0.471. The summed E-state index contributed by atoms with van der Waals surface area (Å²) in [7, 11) is 0. The van der Waals surface area contributed by atoms with Gasteiger partial charge in [0.05, 0.1) is 16.2 Å². The Morgan fingerprint density at radius 2 is 1.95 bits per heavy atom. The van der Waals surface area contributed by atoms with E-state index in [-0.39, 0.29) is 22.0 Å². The van der Waals surface area contributed by atoms with E-state index in [1.807, 2.05) is 6.07 Å². The van der Waals surface area contributed by atoms with Gasteiger partial charge in [-0.25, -0.2) is 8.78 Å². The highest BCUT2D eigenvalue weighted by molar-refractivity contribution is 9.10. The molecule has 0 radical (unpaired) electrons. The van der Waals surface area contributed by atoms with Crippen LogP contribution in [0.5, 0.6) is 5.75 Å². The van der Waals surface area contributed by atoms with E-state index in [0.717, 1.165) is 36.5 Å². The Morgan fingerprint density at radius 3 is 2.76 bits per heavy atom. The summed E-state index contributed by atoms with van der Waals surface area (Å²) >= 11 is 3.07. The summed E-state index contributed by atoms with van der Waals surface area (Å²) in [6.45, 7) is 0. The molecule has 1 aliphatic carbocycles. The van der Waals surface area contributed by atoms with Crippen molar-refractivity contribution in [3.63, 3.8) is 0 Å². The average Bonchev–Trinajstić information content (AvgIpc) is 2.45. The van der Waals surface area contributed by atoms with E-state index in [9.17, 15) is 13.9 Å². The van der Waals surface area contributed by atoms with Gasteiger partial charge in [-0.05, 0) is 64.5 Å². The first-order valence-electron chi connectivity index (χ1n) is 6.77. The summed E-state index contributed by atoms with van der Waals surface area (Å²) in [5.74, 6) is -1.05. The van der Waals surface area contributed by atoms with E-state index < -0.39 is 11.6 Å². The Morgan fingerprint density at radius 1 is 1.14 bits per heavy atom.